The number of aromatic nitrogens is 1. The van der Waals surface area contributed by atoms with E-state index in [1.807, 2.05) is 43.3 Å². The Morgan fingerprint density at radius 1 is 1.00 bits per heavy atom. The molecule has 0 unspecified atom stereocenters. The lowest BCUT2D eigenvalue weighted by molar-refractivity contribution is 0.0945. The van der Waals surface area contributed by atoms with Gasteiger partial charge in [0.05, 0.1) is 21.3 Å². The molecule has 0 saturated carbocycles. The summed E-state index contributed by atoms with van der Waals surface area (Å²) in [5.41, 5.74) is 3.21. The average Bonchev–Trinajstić information content (AvgIpc) is 3.23. The molecule has 0 aliphatic heterocycles. The Labute approximate surface area is 169 Å². The molecule has 0 atom stereocenters. The van der Waals surface area contributed by atoms with Crippen molar-refractivity contribution in [1.29, 1.82) is 0 Å². The van der Waals surface area contributed by atoms with Crippen molar-refractivity contribution in [2.45, 2.75) is 13.3 Å². The molecule has 3 rings (SSSR count). The lowest BCUT2D eigenvalue weighted by Gasteiger charge is -2.14. The summed E-state index contributed by atoms with van der Waals surface area (Å²) < 4.78 is 21.3. The predicted octanol–water partition coefficient (Wildman–Crippen LogP) is 3.65. The van der Waals surface area contributed by atoms with Gasteiger partial charge >= 0.3 is 0 Å². The molecule has 0 aliphatic carbocycles. The zero-order valence-corrected chi connectivity index (χ0v) is 16.9. The first-order valence-corrected chi connectivity index (χ1v) is 9.16. The van der Waals surface area contributed by atoms with Gasteiger partial charge in [0.25, 0.3) is 5.91 Å². The van der Waals surface area contributed by atoms with Gasteiger partial charge in [0.15, 0.2) is 23.0 Å². The number of hydrogen-bond donors (Lipinski definition) is 1. The molecule has 7 heteroatoms. The van der Waals surface area contributed by atoms with Crippen molar-refractivity contribution in [1.82, 2.24) is 10.5 Å². The summed E-state index contributed by atoms with van der Waals surface area (Å²) in [5.74, 6) is 1.95. The molecule has 0 bridgehead atoms. The average molecular weight is 396 g/mol. The van der Waals surface area contributed by atoms with Gasteiger partial charge < -0.3 is 24.1 Å². The Hall–Kier alpha value is -3.48. The molecule has 152 valence electrons. The summed E-state index contributed by atoms with van der Waals surface area (Å²) in [6.45, 7) is 2.43. The smallest absolute Gasteiger partial charge is 0.273 e. The van der Waals surface area contributed by atoms with Gasteiger partial charge in [-0.25, -0.2) is 0 Å². The Balaban J connectivity index is 1.62. The van der Waals surface area contributed by atoms with E-state index in [0.717, 1.165) is 16.7 Å². The molecule has 0 aliphatic rings. The van der Waals surface area contributed by atoms with E-state index in [1.54, 1.807) is 27.4 Å². The second-order valence-electron chi connectivity index (χ2n) is 6.48. The lowest BCUT2D eigenvalue weighted by atomic mass is 10.1. The molecule has 1 amide bonds. The van der Waals surface area contributed by atoms with Crippen molar-refractivity contribution >= 4 is 5.91 Å². The van der Waals surface area contributed by atoms with Crippen molar-refractivity contribution in [3.05, 3.63) is 59.3 Å². The highest BCUT2D eigenvalue weighted by molar-refractivity contribution is 5.93. The van der Waals surface area contributed by atoms with Crippen LogP contribution in [0, 0.1) is 6.92 Å². The highest BCUT2D eigenvalue weighted by atomic mass is 16.5. The van der Waals surface area contributed by atoms with E-state index in [0.29, 0.717) is 36.0 Å². The Kier molecular flexibility index (Phi) is 6.39. The van der Waals surface area contributed by atoms with Crippen LogP contribution in [-0.2, 0) is 6.42 Å². The number of nitrogens with zero attached hydrogens (tertiary/aromatic N) is 1. The van der Waals surface area contributed by atoms with Crippen LogP contribution in [0.4, 0.5) is 0 Å². The van der Waals surface area contributed by atoms with Crippen molar-refractivity contribution in [2.24, 2.45) is 0 Å². The highest BCUT2D eigenvalue weighted by Crippen LogP contribution is 2.38. The van der Waals surface area contributed by atoms with Gasteiger partial charge in [-0.1, -0.05) is 35.0 Å². The van der Waals surface area contributed by atoms with Crippen molar-refractivity contribution in [2.75, 3.05) is 27.9 Å². The molecule has 3 aromatic rings. The van der Waals surface area contributed by atoms with Crippen molar-refractivity contribution in [3.8, 4) is 28.6 Å². The third kappa shape index (κ3) is 4.68. The Bertz CT molecular complexity index is 954. The summed E-state index contributed by atoms with van der Waals surface area (Å²) in [4.78, 5) is 12.4. The van der Waals surface area contributed by atoms with E-state index in [4.69, 9.17) is 18.7 Å². The molecule has 0 radical (unpaired) electrons. The van der Waals surface area contributed by atoms with Crippen LogP contribution in [0.25, 0.3) is 11.3 Å². The third-order valence-corrected chi connectivity index (χ3v) is 4.50. The van der Waals surface area contributed by atoms with E-state index in [1.165, 1.54) is 0 Å². The normalized spacial score (nSPS) is 10.5. The molecule has 1 N–H and O–H groups in total. The topological polar surface area (TPSA) is 82.8 Å². The number of ether oxygens (including phenoxy) is 3. The number of carbonyl (C=O) groups is 1. The molecule has 0 spiro atoms. The number of nitrogens with one attached hydrogen (secondary N) is 1. The van der Waals surface area contributed by atoms with Gasteiger partial charge in [0.1, 0.15) is 0 Å². The molecule has 29 heavy (non-hydrogen) atoms. The summed E-state index contributed by atoms with van der Waals surface area (Å²) in [7, 11) is 4.70. The first-order chi connectivity index (χ1) is 14.0. The maximum absolute atomic E-state index is 12.4. The van der Waals surface area contributed by atoms with Gasteiger partial charge in [-0.3, -0.25) is 4.79 Å². The van der Waals surface area contributed by atoms with Gasteiger partial charge in [0.2, 0.25) is 5.75 Å². The van der Waals surface area contributed by atoms with Gasteiger partial charge in [-0.2, -0.15) is 0 Å². The number of benzene rings is 2. The minimum Gasteiger partial charge on any atom is -0.493 e. The van der Waals surface area contributed by atoms with Gasteiger partial charge in [-0.05, 0) is 31.0 Å². The number of aryl methyl sites for hydroxylation is 1. The first kappa shape index (κ1) is 20.3. The highest BCUT2D eigenvalue weighted by Gasteiger charge is 2.15. The van der Waals surface area contributed by atoms with Gasteiger partial charge in [-0.15, -0.1) is 0 Å². The summed E-state index contributed by atoms with van der Waals surface area (Å²) >= 11 is 0. The fourth-order valence-corrected chi connectivity index (χ4v) is 2.93. The molecule has 0 saturated heterocycles. The quantitative estimate of drug-likeness (QED) is 0.626. The summed E-state index contributed by atoms with van der Waals surface area (Å²) in [6.07, 6.45) is 0.588. The minimum absolute atomic E-state index is 0.241. The standard InChI is InChI=1S/C22H24N2O5/c1-14-5-7-16(8-6-14)18-13-17(24-29-18)22(25)23-10-9-15-11-19(26-2)21(28-4)20(12-15)27-3/h5-8,11-13H,9-10H2,1-4H3,(H,23,25). The van der Waals surface area contributed by atoms with E-state index >= 15 is 0 Å². The molecule has 2 aromatic carbocycles. The Morgan fingerprint density at radius 2 is 1.66 bits per heavy atom. The number of carbonyl (C=O) groups excluding carboxylic acids is 1. The maximum Gasteiger partial charge on any atom is 0.273 e. The minimum atomic E-state index is -0.292. The third-order valence-electron chi connectivity index (χ3n) is 4.50. The zero-order valence-electron chi connectivity index (χ0n) is 16.9. The first-order valence-electron chi connectivity index (χ1n) is 9.16. The van der Waals surface area contributed by atoms with Crippen LogP contribution in [0.2, 0.25) is 0 Å². The predicted molar refractivity (Wildman–Crippen MR) is 109 cm³/mol. The number of amides is 1. The van der Waals surface area contributed by atoms with Gasteiger partial charge in [0, 0.05) is 18.2 Å². The molecule has 1 aromatic heterocycles. The van der Waals surface area contributed by atoms with Crippen LogP contribution in [0.1, 0.15) is 21.6 Å². The maximum atomic E-state index is 12.4. The van der Waals surface area contributed by atoms with Crippen molar-refractivity contribution in [3.63, 3.8) is 0 Å². The van der Waals surface area contributed by atoms with E-state index < -0.39 is 0 Å². The number of methoxy groups -OCH3 is 3. The van der Waals surface area contributed by atoms with E-state index in [2.05, 4.69) is 10.5 Å². The molecule has 7 nitrogen and oxygen atoms in total. The summed E-state index contributed by atoms with van der Waals surface area (Å²) in [5, 5.41) is 6.73. The largest absolute Gasteiger partial charge is 0.493 e. The van der Waals surface area contributed by atoms with E-state index in [-0.39, 0.29) is 11.6 Å². The zero-order chi connectivity index (χ0) is 20.8. The Morgan fingerprint density at radius 3 is 2.24 bits per heavy atom. The summed E-state index contributed by atoms with van der Waals surface area (Å²) in [6, 6.07) is 13.2. The molecule has 1 heterocycles. The molecular weight excluding hydrogens is 372 g/mol. The fraction of sp³-hybridized carbons (Fsp3) is 0.273. The second-order valence-corrected chi connectivity index (χ2v) is 6.48. The van der Waals surface area contributed by atoms with Crippen LogP contribution in [-0.4, -0.2) is 38.9 Å². The van der Waals surface area contributed by atoms with Crippen molar-refractivity contribution < 1.29 is 23.5 Å². The second kappa shape index (κ2) is 9.14. The number of rotatable bonds is 8. The van der Waals surface area contributed by atoms with Crippen LogP contribution < -0.4 is 19.5 Å². The lowest BCUT2D eigenvalue weighted by Crippen LogP contribution is -2.25. The monoisotopic (exact) mass is 396 g/mol. The fourth-order valence-electron chi connectivity index (χ4n) is 2.93. The molecule has 0 fully saturated rings. The van der Waals surface area contributed by atoms with Crippen LogP contribution in [0.3, 0.4) is 0 Å². The van der Waals surface area contributed by atoms with Crippen LogP contribution in [0.15, 0.2) is 47.0 Å². The van der Waals surface area contributed by atoms with Crippen LogP contribution in [0.5, 0.6) is 17.2 Å². The van der Waals surface area contributed by atoms with E-state index in [9.17, 15) is 4.79 Å². The number of hydrogen-bond acceptors (Lipinski definition) is 6. The van der Waals surface area contributed by atoms with Crippen LogP contribution >= 0.6 is 0 Å². The molecular formula is C22H24N2O5. The SMILES string of the molecule is COc1cc(CCNC(=O)c2cc(-c3ccc(C)cc3)on2)cc(OC)c1OC.